The number of hydrogen-bond donors (Lipinski definition) is 0. The summed E-state index contributed by atoms with van der Waals surface area (Å²) in [6.07, 6.45) is -4.26. The number of aryl methyl sites for hydroxylation is 1. The number of nitrogens with zero attached hydrogens (tertiary/aromatic N) is 1. The number of hydrogen-bond acceptors (Lipinski definition) is 2. The summed E-state index contributed by atoms with van der Waals surface area (Å²) < 4.78 is 41.0. The summed E-state index contributed by atoms with van der Waals surface area (Å²) in [6.45, 7) is 1.57. The van der Waals surface area contributed by atoms with E-state index in [9.17, 15) is 13.2 Å². The zero-order chi connectivity index (χ0) is 9.35. The molecule has 0 amide bonds. The maximum absolute atomic E-state index is 12.1. The summed E-state index contributed by atoms with van der Waals surface area (Å²) in [6, 6.07) is 0. The molecule has 12 heavy (non-hydrogen) atoms. The molecule has 68 valence electrons. The van der Waals surface area contributed by atoms with Gasteiger partial charge in [-0.25, -0.2) is 0 Å². The molecular weight excluding hydrogens is 239 g/mol. The van der Waals surface area contributed by atoms with Gasteiger partial charge in [0.2, 0.25) is 0 Å². The van der Waals surface area contributed by atoms with E-state index < -0.39 is 11.9 Å². The number of rotatable bonds is 1. The minimum Gasteiger partial charge on any atom is -0.436 e. The third-order valence-corrected chi connectivity index (χ3v) is 1.60. The van der Waals surface area contributed by atoms with Gasteiger partial charge in [0.1, 0.15) is 5.76 Å². The molecule has 6 heteroatoms. The van der Waals surface area contributed by atoms with Crippen LogP contribution in [0.2, 0.25) is 0 Å². The molecule has 1 aromatic heterocycles. The standard InChI is InChI=1S/C6H5BrF3NO/c1-2-3-4(6(8,9)10)11-5(7)12-3/h2H2,1H3. The Labute approximate surface area is 74.9 Å². The van der Waals surface area contributed by atoms with Crippen LogP contribution in [0.25, 0.3) is 0 Å². The molecule has 1 aromatic rings. The van der Waals surface area contributed by atoms with Gasteiger partial charge < -0.3 is 4.42 Å². The maximum Gasteiger partial charge on any atom is 0.436 e. The van der Waals surface area contributed by atoms with Gasteiger partial charge >= 0.3 is 6.18 Å². The van der Waals surface area contributed by atoms with Gasteiger partial charge in [0.15, 0.2) is 5.69 Å². The Bertz CT molecular complexity index is 281. The van der Waals surface area contributed by atoms with Crippen molar-refractivity contribution < 1.29 is 17.6 Å². The summed E-state index contributed by atoms with van der Waals surface area (Å²) in [5, 5.41) is 0. The topological polar surface area (TPSA) is 26.0 Å². The molecule has 0 aliphatic heterocycles. The van der Waals surface area contributed by atoms with Gasteiger partial charge in [0.25, 0.3) is 4.80 Å². The quantitative estimate of drug-likeness (QED) is 0.758. The highest BCUT2D eigenvalue weighted by molar-refractivity contribution is 9.10. The molecule has 0 aliphatic carbocycles. The SMILES string of the molecule is CCc1oc(Br)nc1C(F)(F)F. The van der Waals surface area contributed by atoms with Crippen LogP contribution in [-0.4, -0.2) is 4.98 Å². The Morgan fingerprint density at radius 2 is 2.08 bits per heavy atom. The van der Waals surface area contributed by atoms with Gasteiger partial charge in [-0.3, -0.25) is 0 Å². The predicted molar refractivity (Wildman–Crippen MR) is 38.6 cm³/mol. The minimum absolute atomic E-state index is 0.133. The minimum atomic E-state index is -4.43. The zero-order valence-corrected chi connectivity index (χ0v) is 7.66. The van der Waals surface area contributed by atoms with Crippen LogP contribution in [0.3, 0.4) is 0 Å². The van der Waals surface area contributed by atoms with Gasteiger partial charge in [-0.2, -0.15) is 18.2 Å². The van der Waals surface area contributed by atoms with Crippen molar-refractivity contribution in [2.45, 2.75) is 19.5 Å². The van der Waals surface area contributed by atoms with Crippen LogP contribution in [0.15, 0.2) is 9.22 Å². The molecule has 0 bridgehead atoms. The first-order valence-corrected chi connectivity index (χ1v) is 3.97. The second-order valence-corrected chi connectivity index (χ2v) is 2.77. The molecule has 0 aromatic carbocycles. The first kappa shape index (κ1) is 9.57. The summed E-state index contributed by atoms with van der Waals surface area (Å²) in [7, 11) is 0. The lowest BCUT2D eigenvalue weighted by Gasteiger charge is -2.01. The average molecular weight is 244 g/mol. The first-order chi connectivity index (χ1) is 5.45. The van der Waals surface area contributed by atoms with E-state index in [-0.39, 0.29) is 17.0 Å². The van der Waals surface area contributed by atoms with Gasteiger partial charge in [-0.05, 0) is 0 Å². The second-order valence-electron chi connectivity index (χ2n) is 2.09. The summed E-state index contributed by atoms with van der Waals surface area (Å²) in [4.78, 5) is 3.05. The normalized spacial score (nSPS) is 12.1. The van der Waals surface area contributed by atoms with Gasteiger partial charge in [-0.15, -0.1) is 0 Å². The van der Waals surface area contributed by atoms with Crippen molar-refractivity contribution in [2.75, 3.05) is 0 Å². The molecule has 0 radical (unpaired) electrons. The highest BCUT2D eigenvalue weighted by Crippen LogP contribution is 2.32. The molecule has 0 unspecified atom stereocenters. The zero-order valence-electron chi connectivity index (χ0n) is 6.07. The van der Waals surface area contributed by atoms with E-state index >= 15 is 0 Å². The van der Waals surface area contributed by atoms with Crippen LogP contribution in [0, 0.1) is 0 Å². The number of alkyl halides is 3. The highest BCUT2D eigenvalue weighted by Gasteiger charge is 2.37. The van der Waals surface area contributed by atoms with Crippen LogP contribution in [0.5, 0.6) is 0 Å². The third-order valence-electron chi connectivity index (χ3n) is 1.26. The van der Waals surface area contributed by atoms with Crippen molar-refractivity contribution in [1.82, 2.24) is 4.98 Å². The van der Waals surface area contributed by atoms with Crippen LogP contribution in [-0.2, 0) is 12.6 Å². The molecule has 0 spiro atoms. The van der Waals surface area contributed by atoms with E-state index in [4.69, 9.17) is 0 Å². The van der Waals surface area contributed by atoms with E-state index in [2.05, 4.69) is 25.3 Å². The van der Waals surface area contributed by atoms with Crippen molar-refractivity contribution in [3.63, 3.8) is 0 Å². The Morgan fingerprint density at radius 1 is 1.50 bits per heavy atom. The molecule has 0 N–H and O–H groups in total. The van der Waals surface area contributed by atoms with Gasteiger partial charge in [-0.1, -0.05) is 6.92 Å². The molecule has 0 fully saturated rings. The molecule has 0 saturated heterocycles. The average Bonchev–Trinajstić information content (AvgIpc) is 2.29. The van der Waals surface area contributed by atoms with E-state index in [1.165, 1.54) is 0 Å². The molecule has 1 heterocycles. The Hall–Kier alpha value is -0.520. The lowest BCUT2D eigenvalue weighted by Crippen LogP contribution is -2.08. The van der Waals surface area contributed by atoms with Crippen molar-refractivity contribution in [3.05, 3.63) is 16.3 Å². The highest BCUT2D eigenvalue weighted by atomic mass is 79.9. The van der Waals surface area contributed by atoms with Crippen molar-refractivity contribution in [1.29, 1.82) is 0 Å². The van der Waals surface area contributed by atoms with Gasteiger partial charge in [0, 0.05) is 22.4 Å². The number of halogens is 4. The van der Waals surface area contributed by atoms with E-state index in [1.807, 2.05) is 0 Å². The van der Waals surface area contributed by atoms with E-state index in [1.54, 1.807) is 6.92 Å². The van der Waals surface area contributed by atoms with Crippen molar-refractivity contribution >= 4 is 15.9 Å². The van der Waals surface area contributed by atoms with Crippen LogP contribution >= 0.6 is 15.9 Å². The second kappa shape index (κ2) is 3.08. The maximum atomic E-state index is 12.1. The van der Waals surface area contributed by atoms with E-state index in [0.717, 1.165) is 0 Å². The molecule has 0 aliphatic rings. The molecule has 2 nitrogen and oxygen atoms in total. The number of aromatic nitrogens is 1. The Balaban J connectivity index is 3.13. The lowest BCUT2D eigenvalue weighted by atomic mass is 10.3. The molecular formula is C6H5BrF3NO. The van der Waals surface area contributed by atoms with Crippen molar-refractivity contribution in [3.8, 4) is 0 Å². The predicted octanol–water partition coefficient (Wildman–Crippen LogP) is 3.02. The largest absolute Gasteiger partial charge is 0.436 e. The van der Waals surface area contributed by atoms with Crippen molar-refractivity contribution in [2.24, 2.45) is 0 Å². The fourth-order valence-electron chi connectivity index (χ4n) is 0.784. The summed E-state index contributed by atoms with van der Waals surface area (Å²) >= 11 is 2.74. The first-order valence-electron chi connectivity index (χ1n) is 3.17. The van der Waals surface area contributed by atoms with Crippen LogP contribution in [0.4, 0.5) is 13.2 Å². The number of oxazole rings is 1. The fraction of sp³-hybridized carbons (Fsp3) is 0.500. The summed E-state index contributed by atoms with van der Waals surface area (Å²) in [5.74, 6) is -0.144. The molecule has 0 saturated carbocycles. The smallest absolute Gasteiger partial charge is 0.436 e. The Morgan fingerprint density at radius 3 is 2.42 bits per heavy atom. The van der Waals surface area contributed by atoms with Crippen LogP contribution < -0.4 is 0 Å². The molecule has 1 rings (SSSR count). The Kier molecular flexibility index (Phi) is 2.46. The van der Waals surface area contributed by atoms with Gasteiger partial charge in [0.05, 0.1) is 0 Å². The molecule has 0 atom stereocenters. The van der Waals surface area contributed by atoms with Crippen LogP contribution in [0.1, 0.15) is 18.4 Å². The third kappa shape index (κ3) is 1.80. The monoisotopic (exact) mass is 243 g/mol. The summed E-state index contributed by atoms with van der Waals surface area (Å²) in [5.41, 5.74) is -0.947. The fourth-order valence-corrected chi connectivity index (χ4v) is 1.16. The van der Waals surface area contributed by atoms with E-state index in [0.29, 0.717) is 0 Å². The lowest BCUT2D eigenvalue weighted by molar-refractivity contribution is -0.141.